The fourth-order valence-electron chi connectivity index (χ4n) is 2.14. The molecular formula is C16H21N3O3. The average Bonchev–Trinajstić information content (AvgIpc) is 2.89. The van der Waals surface area contributed by atoms with E-state index in [2.05, 4.69) is 24.2 Å². The maximum atomic E-state index is 11.0. The standard InChI is InChI=1S/C16H21N3O3/c1-12(2)10-16-15(11-20)17-18-19(16)8-9-22-14-6-4-13(21-3)5-7-14/h4-7,11-12H,8-10H2,1-3H3. The lowest BCUT2D eigenvalue weighted by atomic mass is 10.1. The second-order valence-corrected chi connectivity index (χ2v) is 5.38. The summed E-state index contributed by atoms with van der Waals surface area (Å²) in [6.07, 6.45) is 1.52. The van der Waals surface area contributed by atoms with Crippen LogP contribution in [-0.2, 0) is 13.0 Å². The summed E-state index contributed by atoms with van der Waals surface area (Å²) >= 11 is 0. The Morgan fingerprint density at radius 2 is 1.91 bits per heavy atom. The number of hydrogen-bond donors (Lipinski definition) is 0. The molecule has 0 aliphatic carbocycles. The number of methoxy groups -OCH3 is 1. The quantitative estimate of drug-likeness (QED) is 0.700. The number of ether oxygens (including phenoxy) is 2. The molecule has 118 valence electrons. The Hall–Kier alpha value is -2.37. The lowest BCUT2D eigenvalue weighted by Gasteiger charge is -2.10. The van der Waals surface area contributed by atoms with Crippen molar-refractivity contribution in [3.8, 4) is 11.5 Å². The van der Waals surface area contributed by atoms with Gasteiger partial charge in [0.15, 0.2) is 6.29 Å². The van der Waals surface area contributed by atoms with E-state index >= 15 is 0 Å². The third-order valence-corrected chi connectivity index (χ3v) is 3.21. The minimum absolute atomic E-state index is 0.415. The van der Waals surface area contributed by atoms with Crippen LogP contribution < -0.4 is 9.47 Å². The van der Waals surface area contributed by atoms with E-state index in [1.165, 1.54) is 0 Å². The van der Waals surface area contributed by atoms with E-state index in [0.29, 0.717) is 24.8 Å². The van der Waals surface area contributed by atoms with Crippen LogP contribution in [0.25, 0.3) is 0 Å². The minimum Gasteiger partial charge on any atom is -0.497 e. The molecular weight excluding hydrogens is 282 g/mol. The molecule has 0 saturated heterocycles. The Morgan fingerprint density at radius 1 is 1.23 bits per heavy atom. The predicted octanol–water partition coefficient (Wildman–Crippen LogP) is 2.38. The third-order valence-electron chi connectivity index (χ3n) is 3.21. The van der Waals surface area contributed by atoms with Gasteiger partial charge in [0.05, 0.1) is 19.3 Å². The summed E-state index contributed by atoms with van der Waals surface area (Å²) < 4.78 is 12.5. The van der Waals surface area contributed by atoms with Crippen LogP contribution in [0.4, 0.5) is 0 Å². The Morgan fingerprint density at radius 3 is 2.50 bits per heavy atom. The van der Waals surface area contributed by atoms with Crippen molar-refractivity contribution in [3.63, 3.8) is 0 Å². The summed E-state index contributed by atoms with van der Waals surface area (Å²) in [5.41, 5.74) is 1.28. The molecule has 0 atom stereocenters. The Kier molecular flexibility index (Phi) is 5.52. The average molecular weight is 303 g/mol. The van der Waals surface area contributed by atoms with Crippen LogP contribution in [-0.4, -0.2) is 35.0 Å². The van der Waals surface area contributed by atoms with Crippen LogP contribution in [0.15, 0.2) is 24.3 Å². The molecule has 22 heavy (non-hydrogen) atoms. The van der Waals surface area contributed by atoms with E-state index in [9.17, 15) is 4.79 Å². The molecule has 2 aromatic rings. The van der Waals surface area contributed by atoms with Gasteiger partial charge in [0.1, 0.15) is 23.8 Å². The van der Waals surface area contributed by atoms with Gasteiger partial charge in [0.25, 0.3) is 0 Å². The van der Waals surface area contributed by atoms with Crippen molar-refractivity contribution >= 4 is 6.29 Å². The highest BCUT2D eigenvalue weighted by molar-refractivity contribution is 5.73. The Bertz CT molecular complexity index is 606. The number of carbonyl (C=O) groups excluding carboxylic acids is 1. The first kappa shape index (κ1) is 16.0. The van der Waals surface area contributed by atoms with Gasteiger partial charge in [0.2, 0.25) is 0 Å². The summed E-state index contributed by atoms with van der Waals surface area (Å²) in [5.74, 6) is 1.99. The first-order valence-electron chi connectivity index (χ1n) is 7.28. The second-order valence-electron chi connectivity index (χ2n) is 5.38. The van der Waals surface area contributed by atoms with Crippen LogP contribution in [0.5, 0.6) is 11.5 Å². The van der Waals surface area contributed by atoms with Gasteiger partial charge in [-0.25, -0.2) is 4.68 Å². The molecule has 0 bridgehead atoms. The van der Waals surface area contributed by atoms with E-state index in [0.717, 1.165) is 29.9 Å². The molecule has 0 spiro atoms. The molecule has 0 saturated carbocycles. The molecule has 1 aromatic carbocycles. The van der Waals surface area contributed by atoms with E-state index in [4.69, 9.17) is 9.47 Å². The minimum atomic E-state index is 0.415. The van der Waals surface area contributed by atoms with E-state index in [1.807, 2.05) is 24.3 Å². The maximum absolute atomic E-state index is 11.0. The molecule has 0 unspecified atom stereocenters. The monoisotopic (exact) mass is 303 g/mol. The van der Waals surface area contributed by atoms with Crippen molar-refractivity contribution < 1.29 is 14.3 Å². The zero-order chi connectivity index (χ0) is 15.9. The van der Waals surface area contributed by atoms with Gasteiger partial charge in [-0.2, -0.15) is 0 Å². The molecule has 0 aliphatic rings. The molecule has 6 nitrogen and oxygen atoms in total. The van der Waals surface area contributed by atoms with Crippen molar-refractivity contribution in [2.45, 2.75) is 26.8 Å². The van der Waals surface area contributed by atoms with Gasteiger partial charge in [-0.3, -0.25) is 4.79 Å². The summed E-state index contributed by atoms with van der Waals surface area (Å²) in [7, 11) is 1.63. The van der Waals surface area contributed by atoms with E-state index in [1.54, 1.807) is 11.8 Å². The number of hydrogen-bond acceptors (Lipinski definition) is 5. The summed E-state index contributed by atoms with van der Waals surface area (Å²) in [4.78, 5) is 11.0. The van der Waals surface area contributed by atoms with Crippen molar-refractivity contribution in [3.05, 3.63) is 35.7 Å². The van der Waals surface area contributed by atoms with Gasteiger partial charge in [0, 0.05) is 0 Å². The SMILES string of the molecule is COc1ccc(OCCn2nnc(C=O)c2CC(C)C)cc1. The van der Waals surface area contributed by atoms with Crippen molar-refractivity contribution in [1.29, 1.82) is 0 Å². The predicted molar refractivity (Wildman–Crippen MR) is 82.4 cm³/mol. The molecule has 0 fully saturated rings. The zero-order valence-corrected chi connectivity index (χ0v) is 13.2. The zero-order valence-electron chi connectivity index (χ0n) is 13.2. The van der Waals surface area contributed by atoms with Crippen LogP contribution in [0.2, 0.25) is 0 Å². The number of carbonyl (C=O) groups is 1. The molecule has 0 aliphatic heterocycles. The van der Waals surface area contributed by atoms with Gasteiger partial charge in [-0.05, 0) is 36.6 Å². The summed E-state index contributed by atoms with van der Waals surface area (Å²) in [6, 6.07) is 7.40. The lowest BCUT2D eigenvalue weighted by molar-refractivity contribution is 0.111. The highest BCUT2D eigenvalue weighted by atomic mass is 16.5. The van der Waals surface area contributed by atoms with Gasteiger partial charge in [-0.1, -0.05) is 19.1 Å². The number of aromatic nitrogens is 3. The first-order valence-corrected chi connectivity index (χ1v) is 7.28. The molecule has 0 N–H and O–H groups in total. The molecule has 6 heteroatoms. The fraction of sp³-hybridized carbons (Fsp3) is 0.438. The number of nitrogens with zero attached hydrogens (tertiary/aromatic N) is 3. The Labute approximate surface area is 130 Å². The second kappa shape index (κ2) is 7.59. The number of aldehydes is 1. The first-order chi connectivity index (χ1) is 10.6. The van der Waals surface area contributed by atoms with Crippen LogP contribution in [0, 0.1) is 5.92 Å². The van der Waals surface area contributed by atoms with E-state index in [-0.39, 0.29) is 0 Å². The molecule has 1 aromatic heterocycles. The van der Waals surface area contributed by atoms with Gasteiger partial charge < -0.3 is 9.47 Å². The van der Waals surface area contributed by atoms with Crippen LogP contribution in [0.3, 0.4) is 0 Å². The van der Waals surface area contributed by atoms with Crippen LogP contribution in [0.1, 0.15) is 30.0 Å². The molecule has 2 rings (SSSR count). The lowest BCUT2D eigenvalue weighted by Crippen LogP contribution is -2.14. The number of rotatable bonds is 8. The van der Waals surface area contributed by atoms with Gasteiger partial charge >= 0.3 is 0 Å². The van der Waals surface area contributed by atoms with E-state index < -0.39 is 0 Å². The normalized spacial score (nSPS) is 10.7. The summed E-state index contributed by atoms with van der Waals surface area (Å²) in [5, 5.41) is 7.94. The summed E-state index contributed by atoms with van der Waals surface area (Å²) in [6.45, 7) is 5.20. The third kappa shape index (κ3) is 4.07. The fourth-order valence-corrected chi connectivity index (χ4v) is 2.14. The Balaban J connectivity index is 1.96. The van der Waals surface area contributed by atoms with Crippen molar-refractivity contribution in [2.75, 3.05) is 13.7 Å². The van der Waals surface area contributed by atoms with Crippen LogP contribution >= 0.6 is 0 Å². The highest BCUT2D eigenvalue weighted by Crippen LogP contribution is 2.17. The van der Waals surface area contributed by atoms with Crippen molar-refractivity contribution in [1.82, 2.24) is 15.0 Å². The number of benzene rings is 1. The topological polar surface area (TPSA) is 66.2 Å². The maximum Gasteiger partial charge on any atom is 0.172 e. The molecule has 0 amide bonds. The molecule has 0 radical (unpaired) electrons. The van der Waals surface area contributed by atoms with Crippen molar-refractivity contribution in [2.24, 2.45) is 5.92 Å². The largest absolute Gasteiger partial charge is 0.497 e. The smallest absolute Gasteiger partial charge is 0.172 e. The highest BCUT2D eigenvalue weighted by Gasteiger charge is 2.13. The van der Waals surface area contributed by atoms with Gasteiger partial charge in [-0.15, -0.1) is 5.10 Å². The molecule has 1 heterocycles.